The Morgan fingerprint density at radius 1 is 1.28 bits per heavy atom. The van der Waals surface area contributed by atoms with E-state index >= 15 is 0 Å². The van der Waals surface area contributed by atoms with Crippen LogP contribution in [0.4, 0.5) is 0 Å². The van der Waals surface area contributed by atoms with Crippen LogP contribution in [0.15, 0.2) is 24.3 Å². The van der Waals surface area contributed by atoms with E-state index in [4.69, 9.17) is 4.74 Å². The summed E-state index contributed by atoms with van der Waals surface area (Å²) < 4.78 is 5.31. The summed E-state index contributed by atoms with van der Waals surface area (Å²) in [6.45, 7) is 0.276. The predicted octanol–water partition coefficient (Wildman–Crippen LogP) is 3.74. The lowest BCUT2D eigenvalue weighted by Crippen LogP contribution is -2.17. The molecule has 1 aromatic carbocycles. The summed E-state index contributed by atoms with van der Waals surface area (Å²) in [5.74, 6) is 2.15. The van der Waals surface area contributed by atoms with Crippen molar-refractivity contribution in [3.8, 4) is 5.75 Å². The van der Waals surface area contributed by atoms with Crippen LogP contribution in [0, 0.1) is 5.92 Å². The molecule has 2 heteroatoms. The Labute approximate surface area is 110 Å². The molecule has 1 atom stereocenters. The SMILES string of the molecule is COc1cccc(C(CCO)C2CCCCC2)c1. The van der Waals surface area contributed by atoms with Crippen LogP contribution < -0.4 is 4.74 Å². The molecule has 0 aliphatic heterocycles. The van der Waals surface area contributed by atoms with Gasteiger partial charge in [-0.3, -0.25) is 0 Å². The normalized spacial score (nSPS) is 18.6. The third-order valence-corrected chi connectivity index (χ3v) is 4.18. The average Bonchev–Trinajstić information content (AvgIpc) is 2.46. The van der Waals surface area contributed by atoms with Crippen LogP contribution in [-0.4, -0.2) is 18.8 Å². The highest BCUT2D eigenvalue weighted by Gasteiger charge is 2.24. The Hall–Kier alpha value is -1.02. The van der Waals surface area contributed by atoms with E-state index in [0.717, 1.165) is 18.1 Å². The fourth-order valence-electron chi connectivity index (χ4n) is 3.22. The van der Waals surface area contributed by atoms with Crippen molar-refractivity contribution < 1.29 is 9.84 Å². The van der Waals surface area contributed by atoms with Gasteiger partial charge in [0.1, 0.15) is 5.75 Å². The molecular weight excluding hydrogens is 224 g/mol. The minimum atomic E-state index is 0.276. The molecule has 1 saturated carbocycles. The number of rotatable bonds is 5. The number of methoxy groups -OCH3 is 1. The smallest absolute Gasteiger partial charge is 0.119 e. The van der Waals surface area contributed by atoms with Gasteiger partial charge >= 0.3 is 0 Å². The average molecular weight is 248 g/mol. The van der Waals surface area contributed by atoms with E-state index in [1.165, 1.54) is 37.7 Å². The molecule has 0 bridgehead atoms. The fraction of sp³-hybridized carbons (Fsp3) is 0.625. The standard InChI is InChI=1S/C16H24O2/c1-18-15-9-5-8-14(12-15)16(10-11-17)13-6-3-2-4-7-13/h5,8-9,12-13,16-17H,2-4,6-7,10-11H2,1H3. The topological polar surface area (TPSA) is 29.5 Å². The Kier molecular flexibility index (Phi) is 5.06. The molecule has 0 radical (unpaired) electrons. The Bertz CT molecular complexity index is 356. The summed E-state index contributed by atoms with van der Waals surface area (Å²) in [6.07, 6.45) is 7.55. The minimum Gasteiger partial charge on any atom is -0.497 e. The molecule has 2 rings (SSSR count). The van der Waals surface area contributed by atoms with E-state index in [1.807, 2.05) is 6.07 Å². The second-order valence-electron chi connectivity index (χ2n) is 5.29. The number of aliphatic hydroxyl groups excluding tert-OH is 1. The third-order valence-electron chi connectivity index (χ3n) is 4.18. The number of benzene rings is 1. The van der Waals surface area contributed by atoms with Gasteiger partial charge in [-0.1, -0.05) is 31.4 Å². The van der Waals surface area contributed by atoms with Crippen molar-refractivity contribution in [3.63, 3.8) is 0 Å². The zero-order valence-corrected chi connectivity index (χ0v) is 11.3. The molecule has 0 spiro atoms. The molecule has 1 unspecified atom stereocenters. The summed E-state index contributed by atoms with van der Waals surface area (Å²) in [5.41, 5.74) is 1.33. The van der Waals surface area contributed by atoms with Crippen molar-refractivity contribution in [2.75, 3.05) is 13.7 Å². The first kappa shape index (κ1) is 13.4. The lowest BCUT2D eigenvalue weighted by Gasteiger charge is -2.30. The van der Waals surface area contributed by atoms with E-state index < -0.39 is 0 Å². The van der Waals surface area contributed by atoms with Crippen LogP contribution in [0.3, 0.4) is 0 Å². The van der Waals surface area contributed by atoms with Crippen molar-refractivity contribution in [1.29, 1.82) is 0 Å². The van der Waals surface area contributed by atoms with Gasteiger partial charge < -0.3 is 9.84 Å². The van der Waals surface area contributed by atoms with Gasteiger partial charge in [-0.15, -0.1) is 0 Å². The number of ether oxygens (including phenoxy) is 1. The van der Waals surface area contributed by atoms with E-state index in [-0.39, 0.29) is 6.61 Å². The van der Waals surface area contributed by atoms with Crippen LogP contribution >= 0.6 is 0 Å². The first-order valence-electron chi connectivity index (χ1n) is 7.10. The maximum atomic E-state index is 9.32. The number of hydrogen-bond acceptors (Lipinski definition) is 2. The van der Waals surface area contributed by atoms with Gasteiger partial charge in [-0.05, 0) is 48.8 Å². The molecule has 1 aliphatic carbocycles. The van der Waals surface area contributed by atoms with Crippen molar-refractivity contribution in [2.45, 2.75) is 44.4 Å². The van der Waals surface area contributed by atoms with E-state index in [1.54, 1.807) is 7.11 Å². The highest BCUT2D eigenvalue weighted by Crippen LogP contribution is 2.38. The maximum absolute atomic E-state index is 9.32. The quantitative estimate of drug-likeness (QED) is 0.860. The molecule has 100 valence electrons. The number of aliphatic hydroxyl groups is 1. The summed E-state index contributed by atoms with van der Waals surface area (Å²) >= 11 is 0. The highest BCUT2D eigenvalue weighted by molar-refractivity contribution is 5.31. The first-order chi connectivity index (χ1) is 8.85. The van der Waals surface area contributed by atoms with Gasteiger partial charge in [-0.25, -0.2) is 0 Å². The lowest BCUT2D eigenvalue weighted by atomic mass is 9.75. The molecule has 1 fully saturated rings. The minimum absolute atomic E-state index is 0.276. The third kappa shape index (κ3) is 3.26. The molecule has 0 saturated heterocycles. The van der Waals surface area contributed by atoms with E-state index in [2.05, 4.69) is 18.2 Å². The molecule has 0 amide bonds. The van der Waals surface area contributed by atoms with E-state index in [9.17, 15) is 5.11 Å². The van der Waals surface area contributed by atoms with Crippen molar-refractivity contribution in [2.24, 2.45) is 5.92 Å². The Morgan fingerprint density at radius 2 is 2.06 bits per heavy atom. The molecule has 0 aromatic heterocycles. The molecule has 18 heavy (non-hydrogen) atoms. The van der Waals surface area contributed by atoms with Crippen LogP contribution in [0.5, 0.6) is 5.75 Å². The van der Waals surface area contributed by atoms with Gasteiger partial charge in [0, 0.05) is 6.61 Å². The second kappa shape index (κ2) is 6.79. The zero-order chi connectivity index (χ0) is 12.8. The van der Waals surface area contributed by atoms with Crippen LogP contribution in [0.25, 0.3) is 0 Å². The molecule has 1 aliphatic rings. The van der Waals surface area contributed by atoms with Crippen LogP contribution in [-0.2, 0) is 0 Å². The van der Waals surface area contributed by atoms with Gasteiger partial charge in [0.15, 0.2) is 0 Å². The maximum Gasteiger partial charge on any atom is 0.119 e. The highest BCUT2D eigenvalue weighted by atomic mass is 16.5. The molecule has 2 nitrogen and oxygen atoms in total. The molecular formula is C16H24O2. The second-order valence-corrected chi connectivity index (χ2v) is 5.29. The predicted molar refractivity (Wildman–Crippen MR) is 74.0 cm³/mol. The lowest BCUT2D eigenvalue weighted by molar-refractivity contribution is 0.229. The molecule has 1 N–H and O–H groups in total. The van der Waals surface area contributed by atoms with Gasteiger partial charge in [-0.2, -0.15) is 0 Å². The van der Waals surface area contributed by atoms with Gasteiger partial charge in [0.2, 0.25) is 0 Å². The van der Waals surface area contributed by atoms with Gasteiger partial charge in [0.25, 0.3) is 0 Å². The first-order valence-corrected chi connectivity index (χ1v) is 7.10. The zero-order valence-electron chi connectivity index (χ0n) is 11.3. The molecule has 1 aromatic rings. The van der Waals surface area contributed by atoms with Gasteiger partial charge in [0.05, 0.1) is 7.11 Å². The molecule has 0 heterocycles. The Balaban J connectivity index is 2.16. The Morgan fingerprint density at radius 3 is 2.72 bits per heavy atom. The van der Waals surface area contributed by atoms with Crippen LogP contribution in [0.2, 0.25) is 0 Å². The van der Waals surface area contributed by atoms with Crippen LogP contribution in [0.1, 0.15) is 50.0 Å². The number of hydrogen-bond donors (Lipinski definition) is 1. The van der Waals surface area contributed by atoms with Crippen molar-refractivity contribution >= 4 is 0 Å². The fourth-order valence-corrected chi connectivity index (χ4v) is 3.22. The van der Waals surface area contributed by atoms with Crippen molar-refractivity contribution in [3.05, 3.63) is 29.8 Å². The summed E-state index contributed by atoms with van der Waals surface area (Å²) in [7, 11) is 1.71. The monoisotopic (exact) mass is 248 g/mol. The van der Waals surface area contributed by atoms with E-state index in [0.29, 0.717) is 5.92 Å². The summed E-state index contributed by atoms with van der Waals surface area (Å²) in [6, 6.07) is 8.36. The summed E-state index contributed by atoms with van der Waals surface area (Å²) in [4.78, 5) is 0. The summed E-state index contributed by atoms with van der Waals surface area (Å²) in [5, 5.41) is 9.32. The van der Waals surface area contributed by atoms with Crippen molar-refractivity contribution in [1.82, 2.24) is 0 Å². The largest absolute Gasteiger partial charge is 0.497 e.